The van der Waals surface area contributed by atoms with E-state index in [1.54, 1.807) is 0 Å². The summed E-state index contributed by atoms with van der Waals surface area (Å²) in [5.41, 5.74) is 4.53. The Bertz CT molecular complexity index is 1150. The van der Waals surface area contributed by atoms with E-state index >= 15 is 0 Å². The molecule has 1 radical (unpaired) electrons. The first-order chi connectivity index (χ1) is 16.6. The molecule has 2 aromatic heterocycles. The van der Waals surface area contributed by atoms with Gasteiger partial charge in [0.2, 0.25) is 9.04 Å². The highest BCUT2D eigenvalue weighted by molar-refractivity contribution is 6.48. The molecule has 8 heteroatoms. The minimum absolute atomic E-state index is 0.148. The maximum absolute atomic E-state index is 11.2. The molecule has 1 unspecified atom stereocenters. The maximum Gasteiger partial charge on any atom is 0.407 e. The number of carbonyl (C=O) groups is 1. The molecule has 3 heterocycles. The molecule has 1 aromatic carbocycles. The van der Waals surface area contributed by atoms with Crippen molar-refractivity contribution in [3.8, 4) is 11.3 Å². The highest BCUT2D eigenvalue weighted by Gasteiger charge is 2.34. The van der Waals surface area contributed by atoms with Gasteiger partial charge in [0, 0.05) is 35.8 Å². The Labute approximate surface area is 209 Å². The van der Waals surface area contributed by atoms with Crippen LogP contribution in [0.4, 0.5) is 4.79 Å². The monoisotopic (exact) mass is 494 g/mol. The second-order valence-corrected chi connectivity index (χ2v) is 12.8. The molecule has 7 nitrogen and oxygen atoms in total. The molecular weight excluding hydrogens is 458 g/mol. The van der Waals surface area contributed by atoms with Crippen LogP contribution in [-0.4, -0.2) is 48.4 Å². The van der Waals surface area contributed by atoms with Crippen molar-refractivity contribution in [3.05, 3.63) is 47.8 Å². The standard InChI is InChI=1S/C27H36N3O4Si/c1-27(2,3)25(34-35(4)5)23-19(21-8-6-7-15-28-21)10-11-20-22(29-33-24(20)23)12-9-18-13-16-30(17-14-18)26(31)32/h6-8,10-11,15,18,25H,9,12-14,16-17H2,1-5H3,(H,31,32). The normalized spacial score (nSPS) is 16.2. The summed E-state index contributed by atoms with van der Waals surface area (Å²) in [5.74, 6) is 0.501. The van der Waals surface area contributed by atoms with Gasteiger partial charge < -0.3 is 19.0 Å². The highest BCUT2D eigenvalue weighted by atomic mass is 28.3. The van der Waals surface area contributed by atoms with Crippen LogP contribution < -0.4 is 0 Å². The largest absolute Gasteiger partial charge is 0.465 e. The summed E-state index contributed by atoms with van der Waals surface area (Å²) >= 11 is 0. The summed E-state index contributed by atoms with van der Waals surface area (Å²) < 4.78 is 12.7. The third-order valence-electron chi connectivity index (χ3n) is 6.77. The van der Waals surface area contributed by atoms with Crippen molar-refractivity contribution in [2.45, 2.75) is 65.7 Å². The average Bonchev–Trinajstić information content (AvgIpc) is 3.24. The van der Waals surface area contributed by atoms with Crippen molar-refractivity contribution in [2.24, 2.45) is 11.3 Å². The molecule has 1 amide bonds. The van der Waals surface area contributed by atoms with Gasteiger partial charge in [0.05, 0.1) is 17.5 Å². The van der Waals surface area contributed by atoms with Gasteiger partial charge in [0.15, 0.2) is 5.58 Å². The molecule has 35 heavy (non-hydrogen) atoms. The Morgan fingerprint density at radius 2 is 1.97 bits per heavy atom. The van der Waals surface area contributed by atoms with Gasteiger partial charge >= 0.3 is 6.09 Å². The molecular formula is C27H36N3O4Si. The second-order valence-electron chi connectivity index (χ2n) is 10.8. The summed E-state index contributed by atoms with van der Waals surface area (Å²) in [4.78, 5) is 17.3. The quantitative estimate of drug-likeness (QED) is 0.374. The fraction of sp³-hybridized carbons (Fsp3) is 0.519. The molecule has 1 fully saturated rings. The number of hydrogen-bond acceptors (Lipinski definition) is 5. The van der Waals surface area contributed by atoms with Crippen LogP contribution >= 0.6 is 0 Å². The third kappa shape index (κ3) is 5.75. The number of piperidine rings is 1. The minimum Gasteiger partial charge on any atom is -0.465 e. The van der Waals surface area contributed by atoms with Crippen LogP contribution in [0, 0.1) is 11.3 Å². The van der Waals surface area contributed by atoms with Crippen molar-refractivity contribution in [1.82, 2.24) is 15.0 Å². The van der Waals surface area contributed by atoms with Gasteiger partial charge in [-0.2, -0.15) is 0 Å². The van der Waals surface area contributed by atoms with E-state index in [0.29, 0.717) is 19.0 Å². The molecule has 187 valence electrons. The van der Waals surface area contributed by atoms with Crippen molar-refractivity contribution < 1.29 is 18.9 Å². The molecule has 0 aliphatic carbocycles. The van der Waals surface area contributed by atoms with Gasteiger partial charge in [0.1, 0.15) is 0 Å². The Kier molecular flexibility index (Phi) is 7.61. The van der Waals surface area contributed by atoms with E-state index in [2.05, 4.69) is 56.1 Å². The van der Waals surface area contributed by atoms with Gasteiger partial charge in [-0.25, -0.2) is 4.79 Å². The molecule has 1 N–H and O–H groups in total. The average molecular weight is 495 g/mol. The number of benzene rings is 1. The van der Waals surface area contributed by atoms with E-state index in [0.717, 1.165) is 59.2 Å². The van der Waals surface area contributed by atoms with E-state index in [-0.39, 0.29) is 11.5 Å². The number of pyridine rings is 1. The number of amides is 1. The van der Waals surface area contributed by atoms with Gasteiger partial charge in [-0.15, -0.1) is 0 Å². The molecule has 0 spiro atoms. The number of carboxylic acid groups (broad SMARTS) is 1. The predicted molar refractivity (Wildman–Crippen MR) is 139 cm³/mol. The van der Waals surface area contributed by atoms with E-state index in [4.69, 9.17) is 8.95 Å². The highest BCUT2D eigenvalue weighted by Crippen LogP contribution is 2.45. The maximum atomic E-state index is 11.2. The SMILES string of the molecule is C[Si](C)OC(c1c(-c2ccccn2)ccc2c(CCC3CCN(C(=O)O)CC3)noc12)C(C)(C)C. The van der Waals surface area contributed by atoms with E-state index in [1.165, 1.54) is 4.90 Å². The van der Waals surface area contributed by atoms with Crippen molar-refractivity contribution >= 4 is 26.1 Å². The summed E-state index contributed by atoms with van der Waals surface area (Å²) in [5, 5.41) is 14.7. The Morgan fingerprint density at radius 3 is 2.57 bits per heavy atom. The number of nitrogens with zero attached hydrogens (tertiary/aromatic N) is 3. The number of fused-ring (bicyclic) bond motifs is 1. The zero-order chi connectivity index (χ0) is 25.2. The second kappa shape index (κ2) is 10.5. The van der Waals surface area contributed by atoms with Crippen LogP contribution in [0.25, 0.3) is 22.2 Å². The smallest absolute Gasteiger partial charge is 0.407 e. The number of likely N-dealkylation sites (tertiary alicyclic amines) is 1. The van der Waals surface area contributed by atoms with Crippen LogP contribution in [0.5, 0.6) is 0 Å². The first kappa shape index (κ1) is 25.4. The molecule has 1 aliphatic rings. The number of hydrogen-bond donors (Lipinski definition) is 1. The predicted octanol–water partition coefficient (Wildman–Crippen LogP) is 6.57. The van der Waals surface area contributed by atoms with Crippen molar-refractivity contribution in [2.75, 3.05) is 13.1 Å². The zero-order valence-electron chi connectivity index (χ0n) is 21.4. The first-order valence-corrected chi connectivity index (χ1v) is 14.8. The molecule has 4 rings (SSSR count). The zero-order valence-corrected chi connectivity index (χ0v) is 22.4. The molecule has 3 aromatic rings. The molecule has 1 atom stereocenters. The Morgan fingerprint density at radius 1 is 1.23 bits per heavy atom. The van der Waals surface area contributed by atoms with E-state index in [1.807, 2.05) is 24.4 Å². The first-order valence-electron chi connectivity index (χ1n) is 12.4. The fourth-order valence-electron chi connectivity index (χ4n) is 4.92. The summed E-state index contributed by atoms with van der Waals surface area (Å²) in [6.07, 6.45) is 4.42. The van der Waals surface area contributed by atoms with E-state index in [9.17, 15) is 9.90 Å². The summed E-state index contributed by atoms with van der Waals surface area (Å²) in [6.45, 7) is 12.1. The lowest BCUT2D eigenvalue weighted by molar-refractivity contribution is 0.0872. The number of rotatable bonds is 7. The van der Waals surface area contributed by atoms with Gasteiger partial charge in [-0.05, 0) is 68.3 Å². The van der Waals surface area contributed by atoms with Gasteiger partial charge in [0.25, 0.3) is 0 Å². The third-order valence-corrected chi connectivity index (χ3v) is 7.48. The van der Waals surface area contributed by atoms with Crippen LogP contribution in [0.3, 0.4) is 0 Å². The van der Waals surface area contributed by atoms with Gasteiger partial charge in [-0.1, -0.05) is 38.1 Å². The van der Waals surface area contributed by atoms with Crippen LogP contribution in [0.15, 0.2) is 41.1 Å². The molecule has 0 bridgehead atoms. The lowest BCUT2D eigenvalue weighted by Crippen LogP contribution is -2.37. The number of aromatic nitrogens is 2. The van der Waals surface area contributed by atoms with Crippen LogP contribution in [0.1, 0.15) is 57.4 Å². The summed E-state index contributed by atoms with van der Waals surface area (Å²) in [7, 11) is -0.985. The lowest BCUT2D eigenvalue weighted by atomic mass is 9.81. The molecule has 1 aliphatic heterocycles. The summed E-state index contributed by atoms with van der Waals surface area (Å²) in [6, 6.07) is 10.2. The minimum atomic E-state index is -0.985. The topological polar surface area (TPSA) is 88.7 Å². The Hall–Kier alpha value is -2.71. The fourth-order valence-corrected chi connectivity index (χ4v) is 5.86. The molecule has 1 saturated heterocycles. The van der Waals surface area contributed by atoms with Crippen LogP contribution in [0.2, 0.25) is 13.1 Å². The Balaban J connectivity index is 1.68. The number of aryl methyl sites for hydroxylation is 1. The van der Waals surface area contributed by atoms with Crippen molar-refractivity contribution in [1.29, 1.82) is 0 Å². The van der Waals surface area contributed by atoms with E-state index < -0.39 is 15.1 Å². The van der Waals surface area contributed by atoms with Gasteiger partial charge in [-0.3, -0.25) is 4.98 Å². The molecule has 0 saturated carbocycles. The van der Waals surface area contributed by atoms with Crippen molar-refractivity contribution in [3.63, 3.8) is 0 Å². The van der Waals surface area contributed by atoms with Crippen LogP contribution in [-0.2, 0) is 10.8 Å². The lowest BCUT2D eigenvalue weighted by Gasteiger charge is -2.33.